The topological polar surface area (TPSA) is 29.9 Å². The molecule has 2 aromatic rings. The van der Waals surface area contributed by atoms with Gasteiger partial charge in [-0.1, -0.05) is 13.8 Å². The summed E-state index contributed by atoms with van der Waals surface area (Å²) >= 11 is 0. The van der Waals surface area contributed by atoms with E-state index in [1.807, 2.05) is 6.07 Å². The Morgan fingerprint density at radius 3 is 2.63 bits per heavy atom. The Hall–Kier alpha value is -1.42. The van der Waals surface area contributed by atoms with Gasteiger partial charge in [0.05, 0.1) is 17.6 Å². The summed E-state index contributed by atoms with van der Waals surface area (Å²) in [5.41, 5.74) is 1.73. The lowest BCUT2D eigenvalue weighted by Crippen LogP contribution is -2.22. The van der Waals surface area contributed by atoms with Crippen LogP contribution in [0.15, 0.2) is 18.2 Å². The zero-order valence-corrected chi connectivity index (χ0v) is 12.1. The third-order valence-corrected chi connectivity index (χ3v) is 3.08. The summed E-state index contributed by atoms with van der Waals surface area (Å²) in [7, 11) is 0. The van der Waals surface area contributed by atoms with E-state index in [-0.39, 0.29) is 5.82 Å². The van der Waals surface area contributed by atoms with Gasteiger partial charge in [0.15, 0.2) is 0 Å². The van der Waals surface area contributed by atoms with Crippen LogP contribution in [0.2, 0.25) is 0 Å². The summed E-state index contributed by atoms with van der Waals surface area (Å²) in [6.07, 6.45) is 0. The van der Waals surface area contributed by atoms with Crippen LogP contribution in [0.25, 0.3) is 11.0 Å². The molecule has 0 amide bonds. The van der Waals surface area contributed by atoms with E-state index in [9.17, 15) is 4.39 Å². The highest BCUT2D eigenvalue weighted by Gasteiger charge is 2.13. The molecule has 0 aliphatic heterocycles. The van der Waals surface area contributed by atoms with Crippen molar-refractivity contribution >= 4 is 11.0 Å². The number of benzene rings is 1. The lowest BCUT2D eigenvalue weighted by atomic mass is 10.2. The first kappa shape index (κ1) is 14.0. The minimum absolute atomic E-state index is 0.234. The molecule has 1 aromatic heterocycles. The van der Waals surface area contributed by atoms with Crippen LogP contribution < -0.4 is 5.32 Å². The molecular formula is C15H22FN3. The van der Waals surface area contributed by atoms with Crippen LogP contribution in [-0.4, -0.2) is 16.1 Å². The van der Waals surface area contributed by atoms with E-state index in [0.717, 1.165) is 23.4 Å². The number of hydrogen-bond acceptors (Lipinski definition) is 2. The Morgan fingerprint density at radius 1 is 1.26 bits per heavy atom. The maximum Gasteiger partial charge on any atom is 0.125 e. The SMILES string of the molecule is CC(C)CNCc1nc2cc(F)ccc2n1C(C)C. The van der Waals surface area contributed by atoms with Gasteiger partial charge in [-0.15, -0.1) is 0 Å². The largest absolute Gasteiger partial charge is 0.324 e. The maximum absolute atomic E-state index is 13.3. The molecule has 0 saturated carbocycles. The van der Waals surface area contributed by atoms with Crippen LogP contribution in [0.1, 0.15) is 39.6 Å². The lowest BCUT2D eigenvalue weighted by Gasteiger charge is -2.14. The van der Waals surface area contributed by atoms with E-state index in [0.29, 0.717) is 18.5 Å². The van der Waals surface area contributed by atoms with Crippen LogP contribution in [0.3, 0.4) is 0 Å². The van der Waals surface area contributed by atoms with Gasteiger partial charge < -0.3 is 9.88 Å². The van der Waals surface area contributed by atoms with Gasteiger partial charge in [-0.05, 0) is 38.4 Å². The first-order chi connectivity index (χ1) is 8.99. The van der Waals surface area contributed by atoms with Crippen molar-refractivity contribution in [3.8, 4) is 0 Å². The molecule has 1 heterocycles. The second-order valence-electron chi connectivity index (χ2n) is 5.65. The smallest absolute Gasteiger partial charge is 0.125 e. The lowest BCUT2D eigenvalue weighted by molar-refractivity contribution is 0.514. The second kappa shape index (κ2) is 5.70. The average Bonchev–Trinajstić information content (AvgIpc) is 2.65. The predicted molar refractivity (Wildman–Crippen MR) is 76.6 cm³/mol. The third-order valence-electron chi connectivity index (χ3n) is 3.08. The molecule has 104 valence electrons. The summed E-state index contributed by atoms with van der Waals surface area (Å²) in [6, 6.07) is 5.11. The van der Waals surface area contributed by atoms with Crippen molar-refractivity contribution in [2.75, 3.05) is 6.54 Å². The van der Waals surface area contributed by atoms with Crippen LogP contribution in [-0.2, 0) is 6.54 Å². The van der Waals surface area contributed by atoms with Gasteiger partial charge in [-0.2, -0.15) is 0 Å². The third kappa shape index (κ3) is 3.13. The Balaban J connectivity index is 2.33. The van der Waals surface area contributed by atoms with E-state index < -0.39 is 0 Å². The number of nitrogens with one attached hydrogen (secondary N) is 1. The molecule has 0 atom stereocenters. The number of aromatic nitrogens is 2. The van der Waals surface area contributed by atoms with Crippen molar-refractivity contribution < 1.29 is 4.39 Å². The highest BCUT2D eigenvalue weighted by Crippen LogP contribution is 2.21. The maximum atomic E-state index is 13.3. The molecule has 0 saturated heterocycles. The van der Waals surface area contributed by atoms with Gasteiger partial charge in [0.2, 0.25) is 0 Å². The van der Waals surface area contributed by atoms with Gasteiger partial charge in [-0.3, -0.25) is 0 Å². The predicted octanol–water partition coefficient (Wildman–Crippen LogP) is 3.50. The van der Waals surface area contributed by atoms with Crippen molar-refractivity contribution in [2.24, 2.45) is 5.92 Å². The minimum Gasteiger partial charge on any atom is -0.324 e. The molecule has 2 rings (SSSR count). The van der Waals surface area contributed by atoms with E-state index in [2.05, 4.69) is 42.6 Å². The molecule has 0 unspecified atom stereocenters. The Bertz CT molecular complexity index is 558. The summed E-state index contributed by atoms with van der Waals surface area (Å²) in [4.78, 5) is 4.55. The summed E-state index contributed by atoms with van der Waals surface area (Å²) in [6.45, 7) is 10.3. The molecule has 0 bridgehead atoms. The van der Waals surface area contributed by atoms with E-state index in [1.54, 1.807) is 0 Å². The van der Waals surface area contributed by atoms with Gasteiger partial charge in [0.1, 0.15) is 11.6 Å². The molecule has 19 heavy (non-hydrogen) atoms. The van der Waals surface area contributed by atoms with Crippen molar-refractivity contribution in [3.05, 3.63) is 29.8 Å². The normalized spacial score (nSPS) is 11.9. The fourth-order valence-electron chi connectivity index (χ4n) is 2.30. The molecule has 3 nitrogen and oxygen atoms in total. The molecule has 0 radical (unpaired) electrons. The fourth-order valence-corrected chi connectivity index (χ4v) is 2.30. The molecule has 4 heteroatoms. The van der Waals surface area contributed by atoms with Crippen molar-refractivity contribution in [1.29, 1.82) is 0 Å². The highest BCUT2D eigenvalue weighted by molar-refractivity contribution is 5.76. The Kier molecular flexibility index (Phi) is 4.20. The summed E-state index contributed by atoms with van der Waals surface area (Å²) in [5, 5.41) is 3.39. The highest BCUT2D eigenvalue weighted by atomic mass is 19.1. The zero-order valence-electron chi connectivity index (χ0n) is 12.1. The summed E-state index contributed by atoms with van der Waals surface area (Å²) in [5.74, 6) is 1.34. The van der Waals surface area contributed by atoms with Crippen molar-refractivity contribution in [3.63, 3.8) is 0 Å². The molecular weight excluding hydrogens is 241 g/mol. The molecule has 1 N–H and O–H groups in total. The number of rotatable bonds is 5. The molecule has 1 aromatic carbocycles. The zero-order chi connectivity index (χ0) is 14.0. The molecule has 0 fully saturated rings. The van der Waals surface area contributed by atoms with Gasteiger partial charge in [0, 0.05) is 12.1 Å². The number of hydrogen-bond donors (Lipinski definition) is 1. The van der Waals surface area contributed by atoms with Gasteiger partial charge >= 0.3 is 0 Å². The first-order valence-corrected chi connectivity index (χ1v) is 6.86. The number of halogens is 1. The van der Waals surface area contributed by atoms with Crippen LogP contribution >= 0.6 is 0 Å². The van der Waals surface area contributed by atoms with Gasteiger partial charge in [0.25, 0.3) is 0 Å². The summed E-state index contributed by atoms with van der Waals surface area (Å²) < 4.78 is 15.4. The quantitative estimate of drug-likeness (QED) is 0.894. The van der Waals surface area contributed by atoms with Gasteiger partial charge in [-0.25, -0.2) is 9.37 Å². The van der Waals surface area contributed by atoms with Crippen LogP contribution in [0.5, 0.6) is 0 Å². The fraction of sp³-hybridized carbons (Fsp3) is 0.533. The monoisotopic (exact) mass is 263 g/mol. The second-order valence-corrected chi connectivity index (χ2v) is 5.65. The average molecular weight is 263 g/mol. The van der Waals surface area contributed by atoms with E-state index in [4.69, 9.17) is 0 Å². The van der Waals surface area contributed by atoms with Crippen LogP contribution in [0.4, 0.5) is 4.39 Å². The van der Waals surface area contributed by atoms with E-state index in [1.165, 1.54) is 12.1 Å². The molecule has 0 aliphatic rings. The molecule has 0 aliphatic carbocycles. The van der Waals surface area contributed by atoms with Crippen molar-refractivity contribution in [1.82, 2.24) is 14.9 Å². The number of imidazole rings is 1. The number of fused-ring (bicyclic) bond motifs is 1. The standard InChI is InChI=1S/C15H22FN3/c1-10(2)8-17-9-15-18-13-7-12(16)5-6-14(13)19(15)11(3)4/h5-7,10-11,17H,8-9H2,1-4H3. The van der Waals surface area contributed by atoms with Crippen LogP contribution in [0, 0.1) is 11.7 Å². The van der Waals surface area contributed by atoms with E-state index >= 15 is 0 Å². The Morgan fingerprint density at radius 2 is 2.00 bits per heavy atom. The van der Waals surface area contributed by atoms with Crippen molar-refractivity contribution in [2.45, 2.75) is 40.3 Å². The molecule has 0 spiro atoms. The number of nitrogens with zero attached hydrogens (tertiary/aromatic N) is 2. The first-order valence-electron chi connectivity index (χ1n) is 6.86. The Labute approximate surface area is 113 Å². The minimum atomic E-state index is -0.234.